The fourth-order valence-corrected chi connectivity index (χ4v) is 2.05. The number of halogens is 2. The number of carbonyl (C=O) groups is 1. The summed E-state index contributed by atoms with van der Waals surface area (Å²) in [6, 6.07) is -0.186. The maximum absolute atomic E-state index is 13.1. The molecule has 0 aliphatic carbocycles. The molecule has 2 aliphatic heterocycles. The van der Waals surface area contributed by atoms with Gasteiger partial charge in [-0.25, -0.2) is 4.39 Å². The van der Waals surface area contributed by atoms with E-state index in [9.17, 15) is 9.18 Å². The summed E-state index contributed by atoms with van der Waals surface area (Å²) in [5, 5.41) is 3.03. The van der Waals surface area contributed by atoms with E-state index in [4.69, 9.17) is 5.73 Å². The van der Waals surface area contributed by atoms with Crippen LogP contribution in [0.3, 0.4) is 0 Å². The standard InChI is InChI=1S/C9H16FN3O.ClH/c10-6-3-7(4-11)13(5-6)9(14)8-1-2-12-8;/h6-8,12H,1-5,11H2;1H/t6-,7-,8+;/m0./s1. The zero-order chi connectivity index (χ0) is 10.1. The van der Waals surface area contributed by atoms with Gasteiger partial charge in [0.15, 0.2) is 0 Å². The monoisotopic (exact) mass is 237 g/mol. The van der Waals surface area contributed by atoms with E-state index in [1.165, 1.54) is 0 Å². The lowest BCUT2D eigenvalue weighted by Crippen LogP contribution is -2.56. The van der Waals surface area contributed by atoms with Gasteiger partial charge in [0.1, 0.15) is 6.17 Å². The van der Waals surface area contributed by atoms with Crippen molar-refractivity contribution in [1.29, 1.82) is 0 Å². The van der Waals surface area contributed by atoms with Gasteiger partial charge in [0.2, 0.25) is 5.91 Å². The highest BCUT2D eigenvalue weighted by molar-refractivity contribution is 5.85. The average Bonchev–Trinajstić information content (AvgIpc) is 2.43. The van der Waals surface area contributed by atoms with Gasteiger partial charge in [-0.15, -0.1) is 12.4 Å². The first kappa shape index (κ1) is 12.7. The van der Waals surface area contributed by atoms with Crippen LogP contribution in [0.1, 0.15) is 12.8 Å². The molecule has 2 saturated heterocycles. The van der Waals surface area contributed by atoms with Crippen molar-refractivity contribution in [3.8, 4) is 0 Å². The molecule has 15 heavy (non-hydrogen) atoms. The predicted octanol–water partition coefficient (Wildman–Crippen LogP) is -0.332. The topological polar surface area (TPSA) is 58.4 Å². The Morgan fingerprint density at radius 1 is 1.60 bits per heavy atom. The second-order valence-corrected chi connectivity index (χ2v) is 4.01. The molecule has 6 heteroatoms. The van der Waals surface area contributed by atoms with Gasteiger partial charge in [0.05, 0.1) is 12.6 Å². The zero-order valence-corrected chi connectivity index (χ0v) is 9.30. The summed E-state index contributed by atoms with van der Waals surface area (Å²) in [4.78, 5) is 13.4. The average molecular weight is 238 g/mol. The first-order chi connectivity index (χ1) is 6.72. The summed E-state index contributed by atoms with van der Waals surface area (Å²) in [6.45, 7) is 1.47. The molecule has 0 aromatic heterocycles. The van der Waals surface area contributed by atoms with E-state index in [2.05, 4.69) is 5.32 Å². The Morgan fingerprint density at radius 3 is 2.73 bits per heavy atom. The van der Waals surface area contributed by atoms with Crippen molar-refractivity contribution in [2.24, 2.45) is 5.73 Å². The second-order valence-electron chi connectivity index (χ2n) is 4.01. The third-order valence-electron chi connectivity index (χ3n) is 3.04. The van der Waals surface area contributed by atoms with E-state index in [0.29, 0.717) is 13.0 Å². The van der Waals surface area contributed by atoms with Crippen LogP contribution < -0.4 is 11.1 Å². The van der Waals surface area contributed by atoms with Crippen LogP contribution in [0.5, 0.6) is 0 Å². The summed E-state index contributed by atoms with van der Waals surface area (Å²) < 4.78 is 13.1. The Kier molecular flexibility index (Phi) is 4.31. The Bertz CT molecular complexity index is 237. The highest BCUT2D eigenvalue weighted by Gasteiger charge is 2.38. The molecule has 88 valence electrons. The molecule has 2 aliphatic rings. The molecule has 0 radical (unpaired) electrons. The summed E-state index contributed by atoms with van der Waals surface area (Å²) in [5.41, 5.74) is 5.50. The summed E-state index contributed by atoms with van der Waals surface area (Å²) in [5.74, 6) is 0.0202. The van der Waals surface area contributed by atoms with Gasteiger partial charge >= 0.3 is 0 Å². The fraction of sp³-hybridized carbons (Fsp3) is 0.889. The summed E-state index contributed by atoms with van der Waals surface area (Å²) in [7, 11) is 0. The Balaban J connectivity index is 0.00000112. The van der Waals surface area contributed by atoms with E-state index in [1.807, 2.05) is 0 Å². The maximum atomic E-state index is 13.1. The molecule has 2 fully saturated rings. The molecular weight excluding hydrogens is 221 g/mol. The number of nitrogens with two attached hydrogens (primary N) is 1. The molecule has 0 bridgehead atoms. The van der Waals surface area contributed by atoms with Crippen molar-refractivity contribution in [2.45, 2.75) is 31.1 Å². The van der Waals surface area contributed by atoms with E-state index in [1.54, 1.807) is 4.90 Å². The van der Waals surface area contributed by atoms with E-state index >= 15 is 0 Å². The number of rotatable bonds is 2. The number of nitrogens with zero attached hydrogens (tertiary/aromatic N) is 1. The van der Waals surface area contributed by atoms with Gasteiger partial charge in [0.25, 0.3) is 0 Å². The number of hydrogen-bond acceptors (Lipinski definition) is 3. The van der Waals surface area contributed by atoms with Crippen LogP contribution in [0.4, 0.5) is 4.39 Å². The van der Waals surface area contributed by atoms with Gasteiger partial charge in [-0.1, -0.05) is 0 Å². The third-order valence-corrected chi connectivity index (χ3v) is 3.04. The number of nitrogens with one attached hydrogen (secondary N) is 1. The van der Waals surface area contributed by atoms with Crippen LogP contribution in [0, 0.1) is 0 Å². The highest BCUT2D eigenvalue weighted by atomic mass is 35.5. The second kappa shape index (κ2) is 5.09. The van der Waals surface area contributed by atoms with Crippen LogP contribution in [-0.2, 0) is 4.79 Å². The lowest BCUT2D eigenvalue weighted by Gasteiger charge is -2.33. The molecule has 0 unspecified atom stereocenters. The van der Waals surface area contributed by atoms with Crippen molar-refractivity contribution in [1.82, 2.24) is 10.2 Å². The van der Waals surface area contributed by atoms with Crippen molar-refractivity contribution < 1.29 is 9.18 Å². The van der Waals surface area contributed by atoms with Crippen LogP contribution in [0.25, 0.3) is 0 Å². The smallest absolute Gasteiger partial charge is 0.240 e. The molecule has 4 nitrogen and oxygen atoms in total. The quantitative estimate of drug-likeness (QED) is 0.692. The first-order valence-electron chi connectivity index (χ1n) is 5.10. The van der Waals surface area contributed by atoms with Gasteiger partial charge in [-0.2, -0.15) is 0 Å². The molecule has 2 rings (SSSR count). The van der Waals surface area contributed by atoms with Gasteiger partial charge in [-0.05, 0) is 13.0 Å². The molecule has 0 aromatic rings. The van der Waals surface area contributed by atoms with Crippen molar-refractivity contribution in [2.75, 3.05) is 19.6 Å². The number of amides is 1. The SMILES string of the molecule is Cl.NC[C@@H]1C[C@H](F)CN1C(=O)[C@H]1CCN1. The largest absolute Gasteiger partial charge is 0.334 e. The molecule has 0 spiro atoms. The highest BCUT2D eigenvalue weighted by Crippen LogP contribution is 2.21. The zero-order valence-electron chi connectivity index (χ0n) is 8.49. The maximum Gasteiger partial charge on any atom is 0.240 e. The van der Waals surface area contributed by atoms with Crippen LogP contribution in [0.2, 0.25) is 0 Å². The molecule has 0 saturated carbocycles. The number of likely N-dealkylation sites (tertiary alicyclic amines) is 1. The van der Waals surface area contributed by atoms with Gasteiger partial charge in [-0.3, -0.25) is 4.79 Å². The van der Waals surface area contributed by atoms with Crippen LogP contribution >= 0.6 is 12.4 Å². The van der Waals surface area contributed by atoms with Gasteiger partial charge < -0.3 is 16.0 Å². The van der Waals surface area contributed by atoms with Crippen molar-refractivity contribution in [3.05, 3.63) is 0 Å². The Morgan fingerprint density at radius 2 is 2.27 bits per heavy atom. The van der Waals surface area contributed by atoms with Gasteiger partial charge in [0, 0.05) is 19.0 Å². The molecule has 3 N–H and O–H groups in total. The van der Waals surface area contributed by atoms with Crippen molar-refractivity contribution >= 4 is 18.3 Å². The fourth-order valence-electron chi connectivity index (χ4n) is 2.05. The lowest BCUT2D eigenvalue weighted by molar-refractivity contribution is -0.136. The molecule has 2 heterocycles. The van der Waals surface area contributed by atoms with Crippen LogP contribution in [0.15, 0.2) is 0 Å². The van der Waals surface area contributed by atoms with Crippen molar-refractivity contribution in [3.63, 3.8) is 0 Å². The molecule has 0 aromatic carbocycles. The number of carbonyl (C=O) groups excluding carboxylic acids is 1. The minimum absolute atomic E-state index is 0. The third kappa shape index (κ3) is 2.41. The summed E-state index contributed by atoms with van der Waals surface area (Å²) in [6.07, 6.45) is 0.367. The first-order valence-corrected chi connectivity index (χ1v) is 5.10. The summed E-state index contributed by atoms with van der Waals surface area (Å²) >= 11 is 0. The Labute approximate surface area is 94.8 Å². The van der Waals surface area contributed by atoms with E-state index < -0.39 is 6.17 Å². The van der Waals surface area contributed by atoms with E-state index in [0.717, 1.165) is 13.0 Å². The predicted molar refractivity (Wildman–Crippen MR) is 57.7 cm³/mol. The lowest BCUT2D eigenvalue weighted by atomic mass is 10.1. The number of hydrogen-bond donors (Lipinski definition) is 2. The normalized spacial score (nSPS) is 34.5. The van der Waals surface area contributed by atoms with Crippen LogP contribution in [-0.4, -0.2) is 48.7 Å². The molecule has 1 amide bonds. The minimum Gasteiger partial charge on any atom is -0.334 e. The van der Waals surface area contributed by atoms with E-state index in [-0.39, 0.29) is 36.9 Å². The molecular formula is C9H17ClFN3O. The number of alkyl halides is 1. The minimum atomic E-state index is -0.896. The molecule has 3 atom stereocenters. The Hall–Kier alpha value is -0.390.